The molecule has 0 saturated carbocycles. The Kier molecular flexibility index (Phi) is 4.73. The first-order valence-corrected chi connectivity index (χ1v) is 6.52. The third-order valence-corrected chi connectivity index (χ3v) is 3.48. The number of carbonyl (C=O) groups excluding carboxylic acids is 2. The van der Waals surface area contributed by atoms with Crippen LogP contribution >= 0.6 is 0 Å². The van der Waals surface area contributed by atoms with Crippen LogP contribution in [0.4, 0.5) is 0 Å². The fourth-order valence-corrected chi connectivity index (χ4v) is 2.17. The van der Waals surface area contributed by atoms with Crippen LogP contribution in [0.2, 0.25) is 0 Å². The molecule has 0 spiro atoms. The number of carbonyl (C=O) groups is 2. The minimum atomic E-state index is -0.445. The van der Waals surface area contributed by atoms with Gasteiger partial charge in [-0.15, -0.1) is 0 Å². The molecule has 5 nitrogen and oxygen atoms in total. The normalized spacial score (nSPS) is 25.3. The van der Waals surface area contributed by atoms with E-state index >= 15 is 0 Å². The number of methoxy groups -OCH3 is 1. The highest BCUT2D eigenvalue weighted by molar-refractivity contribution is 5.96. The van der Waals surface area contributed by atoms with E-state index in [1.165, 1.54) is 0 Å². The van der Waals surface area contributed by atoms with Gasteiger partial charge >= 0.3 is 0 Å². The monoisotopic (exact) mass is 256 g/mol. The molecule has 0 aromatic carbocycles. The third kappa shape index (κ3) is 3.02. The Morgan fingerprint density at radius 2 is 1.89 bits per heavy atom. The molecule has 2 unspecified atom stereocenters. The van der Waals surface area contributed by atoms with Crippen LogP contribution in [-0.2, 0) is 14.3 Å². The van der Waals surface area contributed by atoms with Gasteiger partial charge in [-0.2, -0.15) is 0 Å². The van der Waals surface area contributed by atoms with E-state index < -0.39 is 11.6 Å². The lowest BCUT2D eigenvalue weighted by atomic mass is 10.00. The molecule has 0 aliphatic carbocycles. The maximum Gasteiger partial charge on any atom is 0.245 e. The second-order valence-corrected chi connectivity index (χ2v) is 5.32. The molecule has 1 aliphatic rings. The maximum atomic E-state index is 12.3. The van der Waals surface area contributed by atoms with Crippen LogP contribution in [0.1, 0.15) is 40.5 Å². The Morgan fingerprint density at radius 3 is 2.33 bits per heavy atom. The molecule has 5 heteroatoms. The standard InChI is InChI=1S/C13H24N2O3/c1-6-9-12(17)15(8-13(3,4)18-5)10(7-2)11(16)14-9/h9-10H,6-8H2,1-5H3,(H,14,16). The van der Waals surface area contributed by atoms with Crippen LogP contribution in [0.15, 0.2) is 0 Å². The SMILES string of the molecule is CCC1NC(=O)C(CC)N(CC(C)(C)OC)C1=O. The molecule has 1 N–H and O–H groups in total. The van der Waals surface area contributed by atoms with E-state index in [1.54, 1.807) is 12.0 Å². The van der Waals surface area contributed by atoms with Crippen molar-refractivity contribution < 1.29 is 14.3 Å². The second-order valence-electron chi connectivity index (χ2n) is 5.32. The number of hydrogen-bond donors (Lipinski definition) is 1. The van der Waals surface area contributed by atoms with Crippen molar-refractivity contribution in [3.8, 4) is 0 Å². The lowest BCUT2D eigenvalue weighted by Gasteiger charge is -2.41. The minimum Gasteiger partial charge on any atom is -0.377 e. The Morgan fingerprint density at radius 1 is 1.28 bits per heavy atom. The van der Waals surface area contributed by atoms with Gasteiger partial charge in [-0.1, -0.05) is 13.8 Å². The first-order chi connectivity index (χ1) is 8.36. The van der Waals surface area contributed by atoms with E-state index in [0.29, 0.717) is 19.4 Å². The predicted molar refractivity (Wildman–Crippen MR) is 69.1 cm³/mol. The van der Waals surface area contributed by atoms with E-state index in [9.17, 15) is 9.59 Å². The predicted octanol–water partition coefficient (Wildman–Crippen LogP) is 0.927. The van der Waals surface area contributed by atoms with Crippen molar-refractivity contribution >= 4 is 11.8 Å². The van der Waals surface area contributed by atoms with Gasteiger partial charge < -0.3 is 15.0 Å². The van der Waals surface area contributed by atoms with Crippen molar-refractivity contribution in [1.29, 1.82) is 0 Å². The third-order valence-electron chi connectivity index (χ3n) is 3.48. The van der Waals surface area contributed by atoms with Gasteiger partial charge in [0.15, 0.2) is 0 Å². The van der Waals surface area contributed by atoms with Gasteiger partial charge in [-0.05, 0) is 26.7 Å². The smallest absolute Gasteiger partial charge is 0.245 e. The quantitative estimate of drug-likeness (QED) is 0.796. The zero-order chi connectivity index (χ0) is 13.9. The summed E-state index contributed by atoms with van der Waals surface area (Å²) >= 11 is 0. The summed E-state index contributed by atoms with van der Waals surface area (Å²) in [5.41, 5.74) is -0.445. The lowest BCUT2D eigenvalue weighted by molar-refractivity contribution is -0.153. The molecular formula is C13H24N2O3. The molecule has 0 radical (unpaired) electrons. The summed E-state index contributed by atoms with van der Waals surface area (Å²) in [5.74, 6) is -0.0649. The van der Waals surface area contributed by atoms with Crippen molar-refractivity contribution in [2.45, 2.75) is 58.2 Å². The van der Waals surface area contributed by atoms with E-state index in [4.69, 9.17) is 4.74 Å². The zero-order valence-electron chi connectivity index (χ0n) is 11.9. The van der Waals surface area contributed by atoms with Crippen molar-refractivity contribution in [2.75, 3.05) is 13.7 Å². The molecule has 1 heterocycles. The first kappa shape index (κ1) is 15.0. The summed E-state index contributed by atoms with van der Waals surface area (Å²) in [6, 6.07) is -0.775. The van der Waals surface area contributed by atoms with Crippen LogP contribution in [0.3, 0.4) is 0 Å². The van der Waals surface area contributed by atoms with Gasteiger partial charge in [0.05, 0.1) is 12.1 Å². The Balaban J connectivity index is 2.93. The Hall–Kier alpha value is -1.10. The van der Waals surface area contributed by atoms with E-state index in [-0.39, 0.29) is 17.9 Å². The van der Waals surface area contributed by atoms with Gasteiger partial charge in [-0.25, -0.2) is 0 Å². The number of amides is 2. The molecule has 0 aromatic heterocycles. The molecule has 18 heavy (non-hydrogen) atoms. The molecule has 1 aliphatic heterocycles. The van der Waals surface area contributed by atoms with Crippen LogP contribution in [0.25, 0.3) is 0 Å². The largest absolute Gasteiger partial charge is 0.377 e. The van der Waals surface area contributed by atoms with E-state index in [2.05, 4.69) is 5.32 Å². The van der Waals surface area contributed by atoms with Gasteiger partial charge in [0.25, 0.3) is 0 Å². The fraction of sp³-hybridized carbons (Fsp3) is 0.846. The summed E-state index contributed by atoms with van der Waals surface area (Å²) in [6.45, 7) is 8.08. The summed E-state index contributed by atoms with van der Waals surface area (Å²) in [6.07, 6.45) is 1.23. The summed E-state index contributed by atoms with van der Waals surface area (Å²) in [7, 11) is 1.62. The van der Waals surface area contributed by atoms with Gasteiger partial charge in [0.2, 0.25) is 11.8 Å². The maximum absolute atomic E-state index is 12.3. The molecule has 1 fully saturated rings. The molecule has 1 saturated heterocycles. The summed E-state index contributed by atoms with van der Waals surface area (Å²) in [5, 5.41) is 2.78. The van der Waals surface area contributed by atoms with Gasteiger partial charge in [0, 0.05) is 7.11 Å². The summed E-state index contributed by atoms with van der Waals surface area (Å²) in [4.78, 5) is 26.0. The van der Waals surface area contributed by atoms with E-state index in [1.807, 2.05) is 27.7 Å². The number of rotatable bonds is 5. The van der Waals surface area contributed by atoms with Crippen molar-refractivity contribution in [3.63, 3.8) is 0 Å². The highest BCUT2D eigenvalue weighted by Crippen LogP contribution is 2.19. The first-order valence-electron chi connectivity index (χ1n) is 6.52. The molecule has 1 rings (SSSR count). The zero-order valence-corrected chi connectivity index (χ0v) is 11.9. The second kappa shape index (κ2) is 5.69. The van der Waals surface area contributed by atoms with E-state index in [0.717, 1.165) is 0 Å². The number of hydrogen-bond acceptors (Lipinski definition) is 3. The lowest BCUT2D eigenvalue weighted by Crippen LogP contribution is -2.65. The molecular weight excluding hydrogens is 232 g/mol. The molecule has 0 aromatic rings. The highest BCUT2D eigenvalue weighted by atomic mass is 16.5. The van der Waals surface area contributed by atoms with Crippen LogP contribution in [0.5, 0.6) is 0 Å². The Bertz CT molecular complexity index is 328. The molecule has 2 amide bonds. The number of piperazine rings is 1. The van der Waals surface area contributed by atoms with Crippen LogP contribution < -0.4 is 5.32 Å². The van der Waals surface area contributed by atoms with Crippen LogP contribution in [0, 0.1) is 0 Å². The van der Waals surface area contributed by atoms with Crippen molar-refractivity contribution in [1.82, 2.24) is 10.2 Å². The number of nitrogens with one attached hydrogen (secondary N) is 1. The Labute approximate surface area is 109 Å². The number of ether oxygens (including phenoxy) is 1. The summed E-state index contributed by atoms with van der Waals surface area (Å²) < 4.78 is 5.36. The topological polar surface area (TPSA) is 58.6 Å². The van der Waals surface area contributed by atoms with Crippen LogP contribution in [-0.4, -0.2) is 48.1 Å². The van der Waals surface area contributed by atoms with Crippen molar-refractivity contribution in [3.05, 3.63) is 0 Å². The fourth-order valence-electron chi connectivity index (χ4n) is 2.17. The number of nitrogens with zero attached hydrogens (tertiary/aromatic N) is 1. The molecule has 0 bridgehead atoms. The minimum absolute atomic E-state index is 0.00549. The molecule has 2 atom stereocenters. The van der Waals surface area contributed by atoms with Crippen molar-refractivity contribution in [2.24, 2.45) is 0 Å². The van der Waals surface area contributed by atoms with Gasteiger partial charge in [0.1, 0.15) is 12.1 Å². The van der Waals surface area contributed by atoms with Gasteiger partial charge in [-0.3, -0.25) is 9.59 Å². The molecule has 104 valence electrons. The highest BCUT2D eigenvalue weighted by Gasteiger charge is 2.40. The average Bonchev–Trinajstić information content (AvgIpc) is 2.33. The average molecular weight is 256 g/mol.